The third-order valence-corrected chi connectivity index (χ3v) is 3.72. The summed E-state index contributed by atoms with van der Waals surface area (Å²) in [6, 6.07) is 0. The fourth-order valence-corrected chi connectivity index (χ4v) is 2.80. The van der Waals surface area contributed by atoms with Gasteiger partial charge in [-0.3, -0.25) is 0 Å². The van der Waals surface area contributed by atoms with Gasteiger partial charge in [-0.1, -0.05) is 6.92 Å². The Hall–Kier alpha value is -0.130. The minimum absolute atomic E-state index is 0.102. The lowest BCUT2D eigenvalue weighted by molar-refractivity contribution is 0.131. The molecule has 84 valence electrons. The third kappa shape index (κ3) is 3.55. The van der Waals surface area contributed by atoms with Crippen molar-refractivity contribution in [2.75, 3.05) is 31.6 Å². The lowest BCUT2D eigenvalue weighted by Crippen LogP contribution is -2.31. The summed E-state index contributed by atoms with van der Waals surface area (Å²) in [6.45, 7) is 4.85. The van der Waals surface area contributed by atoms with Crippen molar-refractivity contribution in [2.24, 2.45) is 5.92 Å². The Morgan fingerprint density at radius 2 is 2.21 bits per heavy atom. The fraction of sp³-hybridized carbons (Fsp3) is 1.00. The van der Waals surface area contributed by atoms with Crippen LogP contribution in [-0.2, 0) is 9.84 Å². The van der Waals surface area contributed by atoms with Gasteiger partial charge < -0.3 is 10.0 Å². The van der Waals surface area contributed by atoms with Crippen LogP contribution in [0.25, 0.3) is 0 Å². The van der Waals surface area contributed by atoms with Crippen molar-refractivity contribution in [2.45, 2.75) is 19.4 Å². The molecule has 0 aliphatic carbocycles. The number of aliphatic hydroxyl groups excluding tert-OH is 1. The summed E-state index contributed by atoms with van der Waals surface area (Å²) in [4.78, 5) is 2.23. The second-order valence-corrected chi connectivity index (χ2v) is 6.29. The standard InChI is InChI=1S/C9H19NO3S/c1-3-10-5-4-8(6-10)9(11)7-14(2,12)13/h8-9,11H,3-7H2,1-2H3. The van der Waals surface area contributed by atoms with Gasteiger partial charge in [0.1, 0.15) is 9.84 Å². The number of hydrogen-bond donors (Lipinski definition) is 1. The second-order valence-electron chi connectivity index (χ2n) is 4.10. The van der Waals surface area contributed by atoms with Crippen molar-refractivity contribution in [3.8, 4) is 0 Å². The Bertz CT molecular complexity index is 276. The molecule has 1 fully saturated rings. The van der Waals surface area contributed by atoms with Crippen LogP contribution < -0.4 is 0 Å². The van der Waals surface area contributed by atoms with E-state index >= 15 is 0 Å². The van der Waals surface area contributed by atoms with E-state index in [0.717, 1.165) is 26.1 Å². The van der Waals surface area contributed by atoms with Gasteiger partial charge in [-0.2, -0.15) is 0 Å². The lowest BCUT2D eigenvalue weighted by atomic mass is 10.0. The molecule has 0 radical (unpaired) electrons. The maximum absolute atomic E-state index is 11.0. The van der Waals surface area contributed by atoms with E-state index in [1.807, 2.05) is 0 Å². The Labute approximate surface area is 85.8 Å². The molecule has 0 aromatic rings. The highest BCUT2D eigenvalue weighted by molar-refractivity contribution is 7.90. The van der Waals surface area contributed by atoms with Crippen molar-refractivity contribution in [3.05, 3.63) is 0 Å². The summed E-state index contributed by atoms with van der Waals surface area (Å²) >= 11 is 0. The second kappa shape index (κ2) is 4.59. The molecule has 14 heavy (non-hydrogen) atoms. The highest BCUT2D eigenvalue weighted by Gasteiger charge is 2.29. The van der Waals surface area contributed by atoms with Gasteiger partial charge in [-0.15, -0.1) is 0 Å². The van der Waals surface area contributed by atoms with E-state index in [4.69, 9.17) is 0 Å². The molecule has 2 unspecified atom stereocenters. The molecule has 1 heterocycles. The number of sulfone groups is 1. The molecule has 0 amide bonds. The molecule has 1 aliphatic rings. The van der Waals surface area contributed by atoms with Crippen molar-refractivity contribution >= 4 is 9.84 Å². The van der Waals surface area contributed by atoms with Crippen LogP contribution >= 0.6 is 0 Å². The molecular formula is C9H19NO3S. The van der Waals surface area contributed by atoms with Gasteiger partial charge in [0.05, 0.1) is 11.9 Å². The average molecular weight is 221 g/mol. The number of nitrogens with zero attached hydrogens (tertiary/aromatic N) is 1. The predicted molar refractivity (Wildman–Crippen MR) is 55.9 cm³/mol. The van der Waals surface area contributed by atoms with Crippen LogP contribution in [0.3, 0.4) is 0 Å². The van der Waals surface area contributed by atoms with E-state index in [1.54, 1.807) is 0 Å². The summed E-state index contributed by atoms with van der Waals surface area (Å²) in [5, 5.41) is 9.69. The third-order valence-electron chi connectivity index (χ3n) is 2.77. The van der Waals surface area contributed by atoms with Crippen LogP contribution in [0.15, 0.2) is 0 Å². The zero-order valence-corrected chi connectivity index (χ0v) is 9.63. The molecule has 2 atom stereocenters. The van der Waals surface area contributed by atoms with E-state index in [0.29, 0.717) is 0 Å². The Kier molecular flexibility index (Phi) is 3.92. The molecule has 4 nitrogen and oxygen atoms in total. The van der Waals surface area contributed by atoms with Gasteiger partial charge in [-0.05, 0) is 25.4 Å². The van der Waals surface area contributed by atoms with Crippen molar-refractivity contribution in [1.29, 1.82) is 0 Å². The van der Waals surface area contributed by atoms with Gasteiger partial charge in [0, 0.05) is 12.8 Å². The monoisotopic (exact) mass is 221 g/mol. The molecule has 0 aromatic heterocycles. The smallest absolute Gasteiger partial charge is 0.150 e. The molecule has 0 spiro atoms. The largest absolute Gasteiger partial charge is 0.392 e. The van der Waals surface area contributed by atoms with Crippen molar-refractivity contribution < 1.29 is 13.5 Å². The summed E-state index contributed by atoms with van der Waals surface area (Å²) in [5.41, 5.74) is 0. The number of hydrogen-bond acceptors (Lipinski definition) is 4. The topological polar surface area (TPSA) is 57.6 Å². The van der Waals surface area contributed by atoms with E-state index in [2.05, 4.69) is 11.8 Å². The average Bonchev–Trinajstić information content (AvgIpc) is 2.48. The van der Waals surface area contributed by atoms with E-state index < -0.39 is 15.9 Å². The van der Waals surface area contributed by atoms with Gasteiger partial charge in [0.2, 0.25) is 0 Å². The highest BCUT2D eigenvalue weighted by atomic mass is 32.2. The number of aliphatic hydroxyl groups is 1. The molecule has 1 saturated heterocycles. The molecule has 1 aliphatic heterocycles. The first-order valence-electron chi connectivity index (χ1n) is 5.00. The first kappa shape index (κ1) is 11.9. The molecular weight excluding hydrogens is 202 g/mol. The Morgan fingerprint density at radius 1 is 1.57 bits per heavy atom. The van der Waals surface area contributed by atoms with Gasteiger partial charge in [0.15, 0.2) is 0 Å². The molecule has 0 aromatic carbocycles. The predicted octanol–water partition coefficient (Wildman–Crippen LogP) is -0.266. The van der Waals surface area contributed by atoms with Crippen LogP contribution in [-0.4, -0.2) is 56.2 Å². The summed E-state index contributed by atoms with van der Waals surface area (Å²) in [7, 11) is -3.05. The lowest BCUT2D eigenvalue weighted by Gasteiger charge is -2.17. The Balaban J connectivity index is 2.43. The maximum Gasteiger partial charge on any atom is 0.150 e. The summed E-state index contributed by atoms with van der Waals surface area (Å²) in [5.74, 6) is 0.0274. The van der Waals surface area contributed by atoms with E-state index in [1.165, 1.54) is 6.26 Å². The van der Waals surface area contributed by atoms with Crippen LogP contribution in [0, 0.1) is 5.92 Å². The molecule has 5 heteroatoms. The molecule has 1 rings (SSSR count). The van der Waals surface area contributed by atoms with Crippen LogP contribution in [0.1, 0.15) is 13.3 Å². The SMILES string of the molecule is CCN1CCC(C(O)CS(C)(=O)=O)C1. The number of likely N-dealkylation sites (tertiary alicyclic amines) is 1. The van der Waals surface area contributed by atoms with Gasteiger partial charge in [-0.25, -0.2) is 8.42 Å². The minimum atomic E-state index is -3.05. The molecule has 0 bridgehead atoms. The quantitative estimate of drug-likeness (QED) is 0.710. The minimum Gasteiger partial charge on any atom is -0.392 e. The number of rotatable bonds is 4. The van der Waals surface area contributed by atoms with Crippen molar-refractivity contribution in [3.63, 3.8) is 0 Å². The van der Waals surface area contributed by atoms with E-state index in [9.17, 15) is 13.5 Å². The van der Waals surface area contributed by atoms with Crippen LogP contribution in [0.4, 0.5) is 0 Å². The first-order valence-corrected chi connectivity index (χ1v) is 7.06. The Morgan fingerprint density at radius 3 is 2.64 bits per heavy atom. The zero-order chi connectivity index (χ0) is 10.8. The van der Waals surface area contributed by atoms with Gasteiger partial charge in [0.25, 0.3) is 0 Å². The molecule has 0 saturated carbocycles. The molecule has 1 N–H and O–H groups in total. The van der Waals surface area contributed by atoms with Crippen LogP contribution in [0.5, 0.6) is 0 Å². The summed E-state index contributed by atoms with van der Waals surface area (Å²) in [6.07, 6.45) is 1.38. The highest BCUT2D eigenvalue weighted by Crippen LogP contribution is 2.20. The van der Waals surface area contributed by atoms with Gasteiger partial charge >= 0.3 is 0 Å². The first-order chi connectivity index (χ1) is 6.42. The zero-order valence-electron chi connectivity index (χ0n) is 8.81. The van der Waals surface area contributed by atoms with Crippen LogP contribution in [0.2, 0.25) is 0 Å². The normalized spacial score (nSPS) is 26.6. The van der Waals surface area contributed by atoms with Crippen molar-refractivity contribution in [1.82, 2.24) is 4.90 Å². The fourth-order valence-electron chi connectivity index (χ4n) is 1.91. The maximum atomic E-state index is 11.0. The van der Waals surface area contributed by atoms with E-state index in [-0.39, 0.29) is 11.7 Å². The summed E-state index contributed by atoms with van der Waals surface area (Å²) < 4.78 is 22.0.